The third-order valence-corrected chi connectivity index (χ3v) is 11.0. The highest BCUT2D eigenvalue weighted by Gasteiger charge is 2.27. The highest BCUT2D eigenvalue weighted by molar-refractivity contribution is 6.79. The molecule has 0 saturated carbocycles. The van der Waals surface area contributed by atoms with Crippen molar-refractivity contribution < 1.29 is 4.79 Å². The molecule has 18 heavy (non-hydrogen) atoms. The lowest BCUT2D eigenvalue weighted by atomic mass is 9.88. The molecule has 0 N–H and O–H groups in total. The van der Waals surface area contributed by atoms with Crippen LogP contribution in [0.2, 0.25) is 24.2 Å². The van der Waals surface area contributed by atoms with Crippen LogP contribution in [0.15, 0.2) is 11.1 Å². The van der Waals surface area contributed by atoms with E-state index in [-0.39, 0.29) is 0 Å². The topological polar surface area (TPSA) is 17.1 Å². The fourth-order valence-corrected chi connectivity index (χ4v) is 6.76. The van der Waals surface area contributed by atoms with Crippen LogP contribution >= 0.6 is 0 Å². The average molecular weight is 267 g/mol. The van der Waals surface area contributed by atoms with Crippen molar-refractivity contribution >= 4 is 13.9 Å². The van der Waals surface area contributed by atoms with Gasteiger partial charge in [0.25, 0.3) is 0 Å². The Labute approximate surface area is 114 Å². The number of hydrogen-bond acceptors (Lipinski definition) is 1. The van der Waals surface area contributed by atoms with Gasteiger partial charge in [-0.25, -0.2) is 0 Å². The molecule has 0 aromatic rings. The third-order valence-electron chi connectivity index (χ3n) is 5.21. The van der Waals surface area contributed by atoms with Gasteiger partial charge in [0.05, 0.1) is 8.07 Å². The van der Waals surface area contributed by atoms with E-state index in [1.807, 2.05) is 0 Å². The molecule has 1 nitrogen and oxygen atoms in total. The Morgan fingerprint density at radius 1 is 1.06 bits per heavy atom. The zero-order valence-electron chi connectivity index (χ0n) is 12.8. The quantitative estimate of drug-likeness (QED) is 0.568. The van der Waals surface area contributed by atoms with Crippen molar-refractivity contribution in [2.24, 2.45) is 0 Å². The first-order chi connectivity index (χ1) is 8.58. The van der Waals surface area contributed by atoms with Crippen LogP contribution < -0.4 is 0 Å². The summed E-state index contributed by atoms with van der Waals surface area (Å²) < 4.78 is 0. The molecule has 0 unspecified atom stereocenters. The van der Waals surface area contributed by atoms with Crippen LogP contribution in [0.4, 0.5) is 0 Å². The van der Waals surface area contributed by atoms with Gasteiger partial charge in [-0.15, -0.1) is 0 Å². The molecule has 0 amide bonds. The zero-order valence-corrected chi connectivity index (χ0v) is 13.8. The molecule has 0 bridgehead atoms. The Morgan fingerprint density at radius 3 is 2.11 bits per heavy atom. The monoisotopic (exact) mass is 266 g/mol. The van der Waals surface area contributed by atoms with Gasteiger partial charge in [0, 0.05) is 0 Å². The van der Waals surface area contributed by atoms with Crippen molar-refractivity contribution in [2.45, 2.75) is 84.0 Å². The summed E-state index contributed by atoms with van der Waals surface area (Å²) in [7, 11) is -1.01. The minimum absolute atomic E-state index is 0.335. The van der Waals surface area contributed by atoms with E-state index in [2.05, 4.69) is 20.8 Å². The summed E-state index contributed by atoms with van der Waals surface area (Å²) in [6, 6.07) is 5.62. The molecule has 0 heterocycles. The first-order valence-electron chi connectivity index (χ1n) is 7.80. The maximum absolute atomic E-state index is 11.7. The van der Waals surface area contributed by atoms with Crippen molar-refractivity contribution in [3.63, 3.8) is 0 Å². The first-order valence-corrected chi connectivity index (χ1v) is 10.6. The lowest BCUT2D eigenvalue weighted by Gasteiger charge is -2.29. The molecular formula is C16H30OSi. The van der Waals surface area contributed by atoms with Crippen molar-refractivity contribution in [3.05, 3.63) is 11.1 Å². The van der Waals surface area contributed by atoms with E-state index in [1.165, 1.54) is 61.0 Å². The second-order valence-corrected chi connectivity index (χ2v) is 11.5. The van der Waals surface area contributed by atoms with Gasteiger partial charge in [-0.3, -0.25) is 4.79 Å². The molecule has 0 atom stereocenters. The van der Waals surface area contributed by atoms with Crippen molar-refractivity contribution in [1.82, 2.24) is 0 Å². The van der Waals surface area contributed by atoms with Crippen LogP contribution in [0.3, 0.4) is 0 Å². The largest absolute Gasteiger partial charge is 0.295 e. The standard InChI is InChI=1S/C16H30OSi/c1-5-18(6-2,7-3)13-12-15-10-8-9-11-16(15)14(4)17/h5-13H2,1-4H3. The summed E-state index contributed by atoms with van der Waals surface area (Å²) in [6.45, 7) is 8.88. The normalized spacial score (nSPS) is 17.1. The van der Waals surface area contributed by atoms with E-state index in [0.717, 1.165) is 6.42 Å². The third kappa shape index (κ3) is 3.81. The van der Waals surface area contributed by atoms with Crippen LogP contribution in [0, 0.1) is 0 Å². The Morgan fingerprint density at radius 2 is 1.61 bits per heavy atom. The summed E-state index contributed by atoms with van der Waals surface area (Å²) >= 11 is 0. The molecule has 0 aromatic carbocycles. The van der Waals surface area contributed by atoms with Gasteiger partial charge in [0.1, 0.15) is 0 Å². The van der Waals surface area contributed by atoms with Crippen LogP contribution in [-0.4, -0.2) is 13.9 Å². The second-order valence-electron chi connectivity index (χ2n) is 5.91. The minimum atomic E-state index is -1.01. The van der Waals surface area contributed by atoms with Crippen LogP contribution in [0.25, 0.3) is 0 Å². The van der Waals surface area contributed by atoms with Gasteiger partial charge in [-0.05, 0) is 44.6 Å². The van der Waals surface area contributed by atoms with Crippen LogP contribution in [0.1, 0.15) is 59.8 Å². The fraction of sp³-hybridized carbons (Fsp3) is 0.812. The molecule has 104 valence electrons. The summed E-state index contributed by atoms with van der Waals surface area (Å²) in [4.78, 5) is 11.7. The van der Waals surface area contributed by atoms with Gasteiger partial charge < -0.3 is 0 Å². The minimum Gasteiger partial charge on any atom is -0.295 e. The maximum Gasteiger partial charge on any atom is 0.155 e. The number of hydrogen-bond donors (Lipinski definition) is 0. The molecule has 1 aliphatic rings. The lowest BCUT2D eigenvalue weighted by molar-refractivity contribution is -0.113. The molecule has 0 aliphatic heterocycles. The Hall–Kier alpha value is -0.373. The second kappa shape index (κ2) is 7.27. The van der Waals surface area contributed by atoms with E-state index in [9.17, 15) is 4.79 Å². The van der Waals surface area contributed by atoms with Crippen molar-refractivity contribution in [2.75, 3.05) is 0 Å². The van der Waals surface area contributed by atoms with E-state index >= 15 is 0 Å². The predicted molar refractivity (Wildman–Crippen MR) is 82.8 cm³/mol. The molecule has 0 aromatic heterocycles. The average Bonchev–Trinajstić information content (AvgIpc) is 2.41. The van der Waals surface area contributed by atoms with Gasteiger partial charge in [-0.1, -0.05) is 50.5 Å². The molecule has 0 fully saturated rings. The summed E-state index contributed by atoms with van der Waals surface area (Å²) in [5, 5.41) is 0. The maximum atomic E-state index is 11.7. The molecule has 0 radical (unpaired) electrons. The van der Waals surface area contributed by atoms with E-state index in [0.29, 0.717) is 5.78 Å². The van der Waals surface area contributed by atoms with E-state index in [1.54, 1.807) is 6.92 Å². The number of Topliss-reactive ketones (excluding diaryl/α,β-unsaturated/α-hetero) is 1. The van der Waals surface area contributed by atoms with Gasteiger partial charge in [0.15, 0.2) is 5.78 Å². The van der Waals surface area contributed by atoms with E-state index in [4.69, 9.17) is 0 Å². The Kier molecular flexibility index (Phi) is 6.34. The summed E-state index contributed by atoms with van der Waals surface area (Å²) in [6.07, 6.45) is 5.97. The SMILES string of the molecule is CC[Si](CC)(CC)CCC1=C(C(C)=O)CCCC1. The molecule has 1 aliphatic carbocycles. The van der Waals surface area contributed by atoms with Gasteiger partial charge in [-0.2, -0.15) is 0 Å². The van der Waals surface area contributed by atoms with Crippen LogP contribution in [-0.2, 0) is 4.79 Å². The summed E-state index contributed by atoms with van der Waals surface area (Å²) in [5.74, 6) is 0.335. The number of carbonyl (C=O) groups is 1. The molecule has 0 saturated heterocycles. The number of carbonyl (C=O) groups excluding carboxylic acids is 1. The first kappa shape index (κ1) is 15.7. The zero-order chi connectivity index (χ0) is 13.6. The number of ketones is 1. The molecule has 0 spiro atoms. The lowest BCUT2D eigenvalue weighted by Crippen LogP contribution is -2.31. The molecular weight excluding hydrogens is 236 g/mol. The Bertz CT molecular complexity index is 305. The van der Waals surface area contributed by atoms with E-state index < -0.39 is 8.07 Å². The number of rotatable bonds is 7. The van der Waals surface area contributed by atoms with Crippen molar-refractivity contribution in [3.8, 4) is 0 Å². The molecule has 2 heteroatoms. The Balaban J connectivity index is 2.73. The summed E-state index contributed by atoms with van der Waals surface area (Å²) in [5.41, 5.74) is 2.70. The van der Waals surface area contributed by atoms with Crippen molar-refractivity contribution in [1.29, 1.82) is 0 Å². The van der Waals surface area contributed by atoms with Crippen LogP contribution in [0.5, 0.6) is 0 Å². The smallest absolute Gasteiger partial charge is 0.155 e. The highest BCUT2D eigenvalue weighted by Crippen LogP contribution is 2.33. The predicted octanol–water partition coefficient (Wildman–Crippen LogP) is 5.34. The highest BCUT2D eigenvalue weighted by atomic mass is 28.3. The number of allylic oxidation sites excluding steroid dienone is 2. The fourth-order valence-electron chi connectivity index (χ4n) is 3.37. The van der Waals surface area contributed by atoms with Gasteiger partial charge in [0.2, 0.25) is 0 Å². The molecule has 1 rings (SSSR count). The van der Waals surface area contributed by atoms with Gasteiger partial charge >= 0.3 is 0 Å².